The van der Waals surface area contributed by atoms with Gasteiger partial charge in [-0.1, -0.05) is 13.3 Å². The molecule has 2 nitrogen and oxygen atoms in total. The van der Waals surface area contributed by atoms with E-state index in [9.17, 15) is 4.39 Å². The summed E-state index contributed by atoms with van der Waals surface area (Å²) < 4.78 is 18.2. The van der Waals surface area contributed by atoms with E-state index in [4.69, 9.17) is 10.00 Å². The Kier molecular flexibility index (Phi) is 4.79. The lowest BCUT2D eigenvalue weighted by molar-refractivity contribution is 0.117. The number of halogens is 1. The lowest BCUT2D eigenvalue weighted by atomic mass is 10.1. The Labute approximate surface area is 89.3 Å². The molecule has 0 saturated carbocycles. The second-order valence-corrected chi connectivity index (χ2v) is 3.32. The topological polar surface area (TPSA) is 33.0 Å². The van der Waals surface area contributed by atoms with Crippen LogP contribution in [-0.4, -0.2) is 6.61 Å². The molecule has 1 rings (SSSR count). The molecule has 0 aliphatic heterocycles. The molecular formula is C12H14FNO. The van der Waals surface area contributed by atoms with Gasteiger partial charge in [0.2, 0.25) is 0 Å². The van der Waals surface area contributed by atoms with Crippen LogP contribution >= 0.6 is 0 Å². The average molecular weight is 207 g/mol. The smallest absolute Gasteiger partial charge is 0.123 e. The molecule has 1 aromatic rings. The van der Waals surface area contributed by atoms with Crippen LogP contribution in [0.5, 0.6) is 0 Å². The summed E-state index contributed by atoms with van der Waals surface area (Å²) >= 11 is 0. The standard InChI is InChI=1S/C12H14FNO/c1-2-3-6-15-9-11-7-12(13)5-4-10(11)8-14/h4-5,7H,2-3,6,9H2,1H3. The van der Waals surface area contributed by atoms with Crippen LogP contribution in [0, 0.1) is 17.1 Å². The minimum Gasteiger partial charge on any atom is -0.377 e. The average Bonchev–Trinajstić information content (AvgIpc) is 2.25. The van der Waals surface area contributed by atoms with E-state index in [-0.39, 0.29) is 5.82 Å². The van der Waals surface area contributed by atoms with Crippen molar-refractivity contribution < 1.29 is 9.13 Å². The van der Waals surface area contributed by atoms with Gasteiger partial charge in [-0.05, 0) is 30.2 Å². The molecule has 0 aromatic heterocycles. The van der Waals surface area contributed by atoms with Gasteiger partial charge >= 0.3 is 0 Å². The molecule has 3 heteroatoms. The number of benzene rings is 1. The van der Waals surface area contributed by atoms with E-state index < -0.39 is 0 Å². The van der Waals surface area contributed by atoms with Crippen molar-refractivity contribution in [1.82, 2.24) is 0 Å². The molecule has 0 saturated heterocycles. The van der Waals surface area contributed by atoms with Crippen LogP contribution in [0.15, 0.2) is 18.2 Å². The highest BCUT2D eigenvalue weighted by atomic mass is 19.1. The van der Waals surface area contributed by atoms with Gasteiger partial charge in [-0.15, -0.1) is 0 Å². The van der Waals surface area contributed by atoms with Crippen molar-refractivity contribution in [3.8, 4) is 6.07 Å². The van der Waals surface area contributed by atoms with E-state index in [0.29, 0.717) is 24.3 Å². The quantitative estimate of drug-likeness (QED) is 0.695. The van der Waals surface area contributed by atoms with Crippen LogP contribution in [0.1, 0.15) is 30.9 Å². The first-order valence-electron chi connectivity index (χ1n) is 5.04. The van der Waals surface area contributed by atoms with Gasteiger partial charge < -0.3 is 4.74 Å². The molecule has 1 aromatic carbocycles. The minimum absolute atomic E-state index is 0.306. The number of nitriles is 1. The van der Waals surface area contributed by atoms with E-state index in [0.717, 1.165) is 12.8 Å². The van der Waals surface area contributed by atoms with Gasteiger partial charge in [0.15, 0.2) is 0 Å². The molecule has 0 aliphatic carbocycles. The van der Waals surface area contributed by atoms with Gasteiger partial charge in [-0.25, -0.2) is 4.39 Å². The summed E-state index contributed by atoms with van der Waals surface area (Å²) in [4.78, 5) is 0. The summed E-state index contributed by atoms with van der Waals surface area (Å²) in [5.41, 5.74) is 1.10. The zero-order valence-corrected chi connectivity index (χ0v) is 8.79. The number of unbranched alkanes of at least 4 members (excludes halogenated alkanes) is 1. The summed E-state index contributed by atoms with van der Waals surface area (Å²) in [6.45, 7) is 3.03. The Morgan fingerprint density at radius 1 is 1.47 bits per heavy atom. The third-order valence-electron chi connectivity index (χ3n) is 2.09. The minimum atomic E-state index is -0.330. The Morgan fingerprint density at radius 3 is 2.93 bits per heavy atom. The summed E-state index contributed by atoms with van der Waals surface area (Å²) in [5.74, 6) is -0.330. The fraction of sp³-hybridized carbons (Fsp3) is 0.417. The molecule has 0 fully saturated rings. The van der Waals surface area contributed by atoms with Crippen LogP contribution < -0.4 is 0 Å². The van der Waals surface area contributed by atoms with Crippen molar-refractivity contribution in [1.29, 1.82) is 5.26 Å². The predicted octanol–water partition coefficient (Wildman–Crippen LogP) is 3.01. The molecule has 0 aliphatic rings. The van der Waals surface area contributed by atoms with Crippen LogP contribution in [0.4, 0.5) is 4.39 Å². The zero-order valence-electron chi connectivity index (χ0n) is 8.79. The van der Waals surface area contributed by atoms with Crippen LogP contribution in [0.3, 0.4) is 0 Å². The highest BCUT2D eigenvalue weighted by Crippen LogP contribution is 2.11. The third kappa shape index (κ3) is 3.69. The molecule has 0 amide bonds. The van der Waals surface area contributed by atoms with Crippen molar-refractivity contribution in [2.45, 2.75) is 26.4 Å². The van der Waals surface area contributed by atoms with E-state index in [1.54, 1.807) is 0 Å². The molecule has 0 radical (unpaired) electrons. The van der Waals surface area contributed by atoms with E-state index in [2.05, 4.69) is 6.92 Å². The number of nitrogens with zero attached hydrogens (tertiary/aromatic N) is 1. The number of hydrogen-bond acceptors (Lipinski definition) is 2. The molecule has 0 spiro atoms. The predicted molar refractivity (Wildman–Crippen MR) is 55.7 cm³/mol. The van der Waals surface area contributed by atoms with Gasteiger partial charge in [0.05, 0.1) is 18.2 Å². The van der Waals surface area contributed by atoms with E-state index in [1.807, 2.05) is 6.07 Å². The van der Waals surface area contributed by atoms with Crippen molar-refractivity contribution in [3.05, 3.63) is 35.1 Å². The number of ether oxygens (including phenoxy) is 1. The second-order valence-electron chi connectivity index (χ2n) is 3.32. The van der Waals surface area contributed by atoms with E-state index >= 15 is 0 Å². The second kappa shape index (κ2) is 6.15. The lowest BCUT2D eigenvalue weighted by Gasteiger charge is -2.05. The molecule has 0 unspecified atom stereocenters. The maximum Gasteiger partial charge on any atom is 0.123 e. The molecule has 15 heavy (non-hydrogen) atoms. The monoisotopic (exact) mass is 207 g/mol. The van der Waals surface area contributed by atoms with Crippen molar-refractivity contribution in [2.24, 2.45) is 0 Å². The fourth-order valence-electron chi connectivity index (χ4n) is 1.22. The zero-order chi connectivity index (χ0) is 11.1. The van der Waals surface area contributed by atoms with E-state index in [1.165, 1.54) is 18.2 Å². The van der Waals surface area contributed by atoms with Crippen molar-refractivity contribution in [2.75, 3.05) is 6.61 Å². The van der Waals surface area contributed by atoms with Crippen LogP contribution in [-0.2, 0) is 11.3 Å². The third-order valence-corrected chi connectivity index (χ3v) is 2.09. The first-order chi connectivity index (χ1) is 7.27. The largest absolute Gasteiger partial charge is 0.377 e. The van der Waals surface area contributed by atoms with Crippen molar-refractivity contribution >= 4 is 0 Å². The highest BCUT2D eigenvalue weighted by molar-refractivity contribution is 5.37. The highest BCUT2D eigenvalue weighted by Gasteiger charge is 2.03. The molecule has 80 valence electrons. The Bertz CT molecular complexity index is 357. The maximum absolute atomic E-state index is 12.9. The maximum atomic E-state index is 12.9. The summed E-state index contributed by atoms with van der Waals surface area (Å²) in [6, 6.07) is 6.13. The first-order valence-corrected chi connectivity index (χ1v) is 5.04. The van der Waals surface area contributed by atoms with Gasteiger partial charge in [-0.3, -0.25) is 0 Å². The fourth-order valence-corrected chi connectivity index (χ4v) is 1.22. The molecule has 0 bridgehead atoms. The van der Waals surface area contributed by atoms with Gasteiger partial charge in [0.1, 0.15) is 5.82 Å². The van der Waals surface area contributed by atoms with Gasteiger partial charge in [-0.2, -0.15) is 5.26 Å². The molecule has 0 N–H and O–H groups in total. The normalized spacial score (nSPS) is 9.93. The van der Waals surface area contributed by atoms with Crippen LogP contribution in [0.2, 0.25) is 0 Å². The molecular weight excluding hydrogens is 193 g/mol. The summed E-state index contributed by atoms with van der Waals surface area (Å²) in [6.07, 6.45) is 2.05. The van der Waals surface area contributed by atoms with Gasteiger partial charge in [0.25, 0.3) is 0 Å². The number of hydrogen-bond donors (Lipinski definition) is 0. The Hall–Kier alpha value is -1.40. The summed E-state index contributed by atoms with van der Waals surface area (Å²) in [5, 5.41) is 8.78. The van der Waals surface area contributed by atoms with Crippen molar-refractivity contribution in [3.63, 3.8) is 0 Å². The summed E-state index contributed by atoms with van der Waals surface area (Å²) in [7, 11) is 0. The SMILES string of the molecule is CCCCOCc1cc(F)ccc1C#N. The van der Waals surface area contributed by atoms with Gasteiger partial charge in [0, 0.05) is 6.61 Å². The Balaban J connectivity index is 2.59. The van der Waals surface area contributed by atoms with Crippen LogP contribution in [0.25, 0.3) is 0 Å². The molecule has 0 heterocycles. The molecule has 0 atom stereocenters. The number of rotatable bonds is 5. The Morgan fingerprint density at radius 2 is 2.27 bits per heavy atom. The lowest BCUT2D eigenvalue weighted by Crippen LogP contribution is -1.98. The first kappa shape index (κ1) is 11.7.